The lowest BCUT2D eigenvalue weighted by molar-refractivity contribution is -0.384. The summed E-state index contributed by atoms with van der Waals surface area (Å²) in [6.45, 7) is 0.747. The third kappa shape index (κ3) is 3.11. The Hall–Kier alpha value is -2.02. The first kappa shape index (κ1) is 13.0. The highest BCUT2D eigenvalue weighted by molar-refractivity contribution is 7.09. The Morgan fingerprint density at radius 1 is 1.35 bits per heavy atom. The molecular formula is C13H14N4O2S. The van der Waals surface area contributed by atoms with Crippen molar-refractivity contribution in [1.82, 2.24) is 9.36 Å². The molecule has 1 aliphatic carbocycles. The van der Waals surface area contributed by atoms with E-state index >= 15 is 0 Å². The molecule has 3 rings (SSSR count). The van der Waals surface area contributed by atoms with Crippen LogP contribution in [0.15, 0.2) is 24.3 Å². The number of non-ortho nitro benzene ring substituents is 1. The van der Waals surface area contributed by atoms with Crippen molar-refractivity contribution in [1.29, 1.82) is 0 Å². The van der Waals surface area contributed by atoms with E-state index in [2.05, 4.69) is 14.7 Å². The lowest BCUT2D eigenvalue weighted by Gasteiger charge is -2.02. The van der Waals surface area contributed by atoms with Crippen LogP contribution in [0.2, 0.25) is 0 Å². The van der Waals surface area contributed by atoms with Crippen molar-refractivity contribution in [3.63, 3.8) is 0 Å². The summed E-state index contributed by atoms with van der Waals surface area (Å²) in [4.78, 5) is 14.6. The van der Waals surface area contributed by atoms with Gasteiger partial charge in [-0.2, -0.15) is 4.37 Å². The molecule has 0 spiro atoms. The lowest BCUT2D eigenvalue weighted by atomic mass is 10.1. The molecule has 0 unspecified atom stereocenters. The number of nitro groups is 1. The zero-order chi connectivity index (χ0) is 13.9. The Kier molecular flexibility index (Phi) is 3.60. The predicted molar refractivity (Wildman–Crippen MR) is 77.2 cm³/mol. The van der Waals surface area contributed by atoms with E-state index in [0.29, 0.717) is 5.92 Å². The highest BCUT2D eigenvalue weighted by Gasteiger charge is 2.27. The summed E-state index contributed by atoms with van der Waals surface area (Å²) in [6, 6.07) is 6.64. The number of nitrogens with zero attached hydrogens (tertiary/aromatic N) is 3. The maximum atomic E-state index is 10.6. The smallest absolute Gasteiger partial charge is 0.269 e. The van der Waals surface area contributed by atoms with Gasteiger partial charge in [-0.25, -0.2) is 4.98 Å². The Morgan fingerprint density at radius 2 is 2.10 bits per heavy atom. The first-order valence-electron chi connectivity index (χ1n) is 6.53. The Balaban J connectivity index is 1.49. The molecule has 1 aliphatic rings. The molecule has 104 valence electrons. The number of nitro benzene ring substituents is 1. The third-order valence-corrected chi connectivity index (χ3v) is 3.91. The third-order valence-electron chi connectivity index (χ3n) is 3.22. The molecule has 0 aliphatic heterocycles. The molecule has 1 aromatic carbocycles. The van der Waals surface area contributed by atoms with Gasteiger partial charge in [0.1, 0.15) is 5.82 Å². The van der Waals surface area contributed by atoms with Gasteiger partial charge in [0.15, 0.2) is 0 Å². The minimum atomic E-state index is -0.386. The van der Waals surface area contributed by atoms with Gasteiger partial charge in [-0.15, -0.1) is 0 Å². The van der Waals surface area contributed by atoms with Gasteiger partial charge in [-0.1, -0.05) is 12.1 Å². The predicted octanol–water partition coefficient (Wildman–Crippen LogP) is 2.98. The van der Waals surface area contributed by atoms with E-state index in [1.54, 1.807) is 12.1 Å². The Morgan fingerprint density at radius 3 is 2.75 bits per heavy atom. The number of nitrogens with one attached hydrogen (secondary N) is 1. The summed E-state index contributed by atoms with van der Waals surface area (Å²) in [5.41, 5.74) is 1.19. The van der Waals surface area contributed by atoms with Crippen molar-refractivity contribution in [2.24, 2.45) is 0 Å². The first-order chi connectivity index (χ1) is 9.72. The fraction of sp³-hybridized carbons (Fsp3) is 0.385. The number of hydrogen-bond donors (Lipinski definition) is 1. The van der Waals surface area contributed by atoms with E-state index in [1.807, 2.05) is 0 Å². The zero-order valence-corrected chi connectivity index (χ0v) is 11.6. The van der Waals surface area contributed by atoms with Crippen molar-refractivity contribution < 1.29 is 4.92 Å². The van der Waals surface area contributed by atoms with Crippen LogP contribution in [0, 0.1) is 10.1 Å². The highest BCUT2D eigenvalue weighted by Crippen LogP contribution is 2.39. The molecule has 0 saturated heterocycles. The zero-order valence-electron chi connectivity index (χ0n) is 10.8. The van der Waals surface area contributed by atoms with Crippen molar-refractivity contribution in [3.8, 4) is 0 Å². The molecule has 2 aromatic rings. The summed E-state index contributed by atoms with van der Waals surface area (Å²) in [5.74, 6) is 1.55. The number of anilines is 1. The summed E-state index contributed by atoms with van der Waals surface area (Å²) in [6.07, 6.45) is 3.22. The number of aromatic nitrogens is 2. The standard InChI is InChI=1S/C13H14N4O2S/c18-17(19)11-5-1-9(2-6-11)7-8-14-13-15-12(16-20-13)10-3-4-10/h1-2,5-6,10H,3-4,7-8H2,(H,14,15,16). The second-order valence-electron chi connectivity index (χ2n) is 4.83. The van der Waals surface area contributed by atoms with Crippen LogP contribution < -0.4 is 5.32 Å². The van der Waals surface area contributed by atoms with Gasteiger partial charge in [0.05, 0.1) is 4.92 Å². The summed E-state index contributed by atoms with van der Waals surface area (Å²) < 4.78 is 4.33. The van der Waals surface area contributed by atoms with E-state index in [-0.39, 0.29) is 10.6 Å². The van der Waals surface area contributed by atoms with Crippen LogP contribution in [0.4, 0.5) is 10.8 Å². The van der Waals surface area contributed by atoms with Crippen molar-refractivity contribution in [3.05, 3.63) is 45.8 Å². The van der Waals surface area contributed by atoms with Gasteiger partial charge in [0, 0.05) is 36.1 Å². The lowest BCUT2D eigenvalue weighted by Crippen LogP contribution is -2.04. The minimum Gasteiger partial charge on any atom is -0.360 e. The number of benzene rings is 1. The van der Waals surface area contributed by atoms with Crippen LogP contribution in [-0.2, 0) is 6.42 Å². The normalized spacial score (nSPS) is 14.2. The van der Waals surface area contributed by atoms with Crippen LogP contribution in [0.3, 0.4) is 0 Å². The summed E-state index contributed by atoms with van der Waals surface area (Å²) >= 11 is 1.40. The topological polar surface area (TPSA) is 81.0 Å². The van der Waals surface area contributed by atoms with E-state index in [1.165, 1.54) is 36.5 Å². The molecule has 0 amide bonds. The van der Waals surface area contributed by atoms with Crippen LogP contribution in [-0.4, -0.2) is 20.8 Å². The highest BCUT2D eigenvalue weighted by atomic mass is 32.1. The van der Waals surface area contributed by atoms with E-state index < -0.39 is 0 Å². The van der Waals surface area contributed by atoms with Gasteiger partial charge in [0.25, 0.3) is 5.69 Å². The van der Waals surface area contributed by atoms with Gasteiger partial charge in [-0.05, 0) is 24.8 Å². The molecular weight excluding hydrogens is 276 g/mol. The van der Waals surface area contributed by atoms with E-state index in [4.69, 9.17) is 0 Å². The van der Waals surface area contributed by atoms with Crippen molar-refractivity contribution in [2.45, 2.75) is 25.2 Å². The van der Waals surface area contributed by atoms with Crippen LogP contribution >= 0.6 is 11.5 Å². The largest absolute Gasteiger partial charge is 0.360 e. The molecule has 0 radical (unpaired) electrons. The maximum Gasteiger partial charge on any atom is 0.269 e. The average Bonchev–Trinajstić information content (AvgIpc) is 3.20. The molecule has 20 heavy (non-hydrogen) atoms. The molecule has 6 nitrogen and oxygen atoms in total. The van der Waals surface area contributed by atoms with Crippen molar-refractivity contribution >= 4 is 22.4 Å². The Bertz CT molecular complexity index is 607. The molecule has 7 heteroatoms. The molecule has 1 saturated carbocycles. The fourth-order valence-corrected chi connectivity index (χ4v) is 2.58. The first-order valence-corrected chi connectivity index (χ1v) is 7.30. The quantitative estimate of drug-likeness (QED) is 0.653. The fourth-order valence-electron chi connectivity index (χ4n) is 1.91. The molecule has 0 bridgehead atoms. The molecule has 1 heterocycles. The molecule has 1 aromatic heterocycles. The monoisotopic (exact) mass is 290 g/mol. The van der Waals surface area contributed by atoms with E-state index in [9.17, 15) is 10.1 Å². The van der Waals surface area contributed by atoms with Gasteiger partial charge >= 0.3 is 0 Å². The van der Waals surface area contributed by atoms with Gasteiger partial charge < -0.3 is 5.32 Å². The van der Waals surface area contributed by atoms with Crippen LogP contribution in [0.1, 0.15) is 30.1 Å². The summed E-state index contributed by atoms with van der Waals surface area (Å²) in [5, 5.41) is 14.7. The summed E-state index contributed by atoms with van der Waals surface area (Å²) in [7, 11) is 0. The second-order valence-corrected chi connectivity index (χ2v) is 5.58. The Labute approximate surface area is 120 Å². The van der Waals surface area contributed by atoms with E-state index in [0.717, 1.165) is 29.5 Å². The number of rotatable bonds is 6. The number of hydrogen-bond acceptors (Lipinski definition) is 6. The minimum absolute atomic E-state index is 0.125. The molecule has 1 N–H and O–H groups in total. The second kappa shape index (κ2) is 5.54. The van der Waals surface area contributed by atoms with Crippen LogP contribution in [0.5, 0.6) is 0 Å². The van der Waals surface area contributed by atoms with Gasteiger partial charge in [-0.3, -0.25) is 10.1 Å². The maximum absolute atomic E-state index is 10.6. The van der Waals surface area contributed by atoms with Gasteiger partial charge in [0.2, 0.25) is 5.13 Å². The van der Waals surface area contributed by atoms with Crippen molar-refractivity contribution in [2.75, 3.05) is 11.9 Å². The molecule has 1 fully saturated rings. The van der Waals surface area contributed by atoms with Crippen LogP contribution in [0.25, 0.3) is 0 Å². The average molecular weight is 290 g/mol. The molecule has 0 atom stereocenters. The SMILES string of the molecule is O=[N+]([O-])c1ccc(CCNc2nc(C3CC3)ns2)cc1.